The van der Waals surface area contributed by atoms with E-state index in [0.717, 1.165) is 0 Å². The van der Waals surface area contributed by atoms with Crippen molar-refractivity contribution in [1.29, 1.82) is 0 Å². The highest BCUT2D eigenvalue weighted by molar-refractivity contribution is 9.10. The van der Waals surface area contributed by atoms with Crippen LogP contribution in [0, 0.1) is 5.82 Å². The van der Waals surface area contributed by atoms with Gasteiger partial charge in [-0.15, -0.1) is 0 Å². The second-order valence-electron chi connectivity index (χ2n) is 4.34. The summed E-state index contributed by atoms with van der Waals surface area (Å²) in [5.74, 6) is -1.33. The van der Waals surface area contributed by atoms with Crippen LogP contribution in [0.1, 0.15) is 10.4 Å². The average molecular weight is 390 g/mol. The van der Waals surface area contributed by atoms with Crippen molar-refractivity contribution >= 4 is 33.5 Å². The molecular formula is C15H11BrClFO4. The first-order valence-corrected chi connectivity index (χ1v) is 7.37. The first kappa shape index (κ1) is 16.7. The van der Waals surface area contributed by atoms with Crippen LogP contribution in [0.2, 0.25) is 5.02 Å². The second-order valence-corrected chi connectivity index (χ2v) is 5.60. The summed E-state index contributed by atoms with van der Waals surface area (Å²) < 4.78 is 19.2. The molecule has 0 spiro atoms. The third-order valence-electron chi connectivity index (χ3n) is 2.86. The first-order valence-electron chi connectivity index (χ1n) is 6.20. The Kier molecular flexibility index (Phi) is 5.39. The summed E-state index contributed by atoms with van der Waals surface area (Å²) in [5, 5.41) is 18.0. The van der Waals surface area contributed by atoms with Crippen molar-refractivity contribution in [3.8, 4) is 16.9 Å². The molecule has 0 aliphatic heterocycles. The Morgan fingerprint density at radius 1 is 1.32 bits per heavy atom. The van der Waals surface area contributed by atoms with Crippen LogP contribution in [0.4, 0.5) is 4.39 Å². The van der Waals surface area contributed by atoms with E-state index >= 15 is 0 Å². The summed E-state index contributed by atoms with van der Waals surface area (Å²) in [4.78, 5) is 11.2. The van der Waals surface area contributed by atoms with Crippen molar-refractivity contribution < 1.29 is 24.1 Å². The second kappa shape index (κ2) is 7.09. The normalized spacial score (nSPS) is 10.5. The molecule has 0 saturated heterocycles. The van der Waals surface area contributed by atoms with Crippen LogP contribution in [0.3, 0.4) is 0 Å². The lowest BCUT2D eigenvalue weighted by molar-refractivity contribution is 0.0696. The molecule has 0 unspecified atom stereocenters. The number of carbonyl (C=O) groups is 1. The zero-order valence-corrected chi connectivity index (χ0v) is 13.5. The van der Waals surface area contributed by atoms with E-state index < -0.39 is 11.8 Å². The topological polar surface area (TPSA) is 66.8 Å². The van der Waals surface area contributed by atoms with Gasteiger partial charge in [0.25, 0.3) is 0 Å². The quantitative estimate of drug-likeness (QED) is 0.812. The van der Waals surface area contributed by atoms with Gasteiger partial charge in [0.1, 0.15) is 18.2 Å². The molecule has 0 fully saturated rings. The van der Waals surface area contributed by atoms with E-state index in [-0.39, 0.29) is 23.8 Å². The molecule has 0 radical (unpaired) electrons. The van der Waals surface area contributed by atoms with E-state index in [1.54, 1.807) is 0 Å². The van der Waals surface area contributed by atoms with E-state index in [2.05, 4.69) is 15.9 Å². The number of hydrogen-bond acceptors (Lipinski definition) is 3. The van der Waals surface area contributed by atoms with Crippen LogP contribution in [-0.4, -0.2) is 29.4 Å². The lowest BCUT2D eigenvalue weighted by atomic mass is 10.0. The van der Waals surface area contributed by atoms with Gasteiger partial charge in [-0.25, -0.2) is 9.18 Å². The van der Waals surface area contributed by atoms with Crippen LogP contribution in [0.15, 0.2) is 34.8 Å². The molecule has 2 N–H and O–H groups in total. The molecule has 2 aromatic carbocycles. The molecule has 7 heteroatoms. The maximum Gasteiger partial charge on any atom is 0.335 e. The molecule has 2 aromatic rings. The number of carboxylic acid groups (broad SMARTS) is 1. The number of benzene rings is 2. The molecule has 0 aliphatic rings. The molecule has 0 amide bonds. The Labute approximate surface area is 139 Å². The van der Waals surface area contributed by atoms with Gasteiger partial charge < -0.3 is 14.9 Å². The number of ether oxygens (including phenoxy) is 1. The molecule has 0 bridgehead atoms. The summed E-state index contributed by atoms with van der Waals surface area (Å²) in [6.45, 7) is -0.163. The van der Waals surface area contributed by atoms with Crippen LogP contribution < -0.4 is 4.74 Å². The monoisotopic (exact) mass is 388 g/mol. The molecule has 116 valence electrons. The Bertz CT molecular complexity index is 721. The zero-order valence-electron chi connectivity index (χ0n) is 11.1. The summed E-state index contributed by atoms with van der Waals surface area (Å²) in [6, 6.07) is 6.85. The minimum Gasteiger partial charge on any atom is -0.489 e. The van der Waals surface area contributed by atoms with Crippen molar-refractivity contribution in [2.24, 2.45) is 0 Å². The summed E-state index contributed by atoms with van der Waals surface area (Å²) in [7, 11) is 0. The summed E-state index contributed by atoms with van der Waals surface area (Å²) >= 11 is 9.03. The van der Waals surface area contributed by atoms with Crippen LogP contribution >= 0.6 is 27.5 Å². The van der Waals surface area contributed by atoms with E-state index in [9.17, 15) is 9.18 Å². The predicted octanol–water partition coefficient (Wildman–Crippen LogP) is 3.98. The summed E-state index contributed by atoms with van der Waals surface area (Å²) in [6.07, 6.45) is 0. The average Bonchev–Trinajstić information content (AvgIpc) is 2.48. The van der Waals surface area contributed by atoms with Gasteiger partial charge in [0.05, 0.1) is 21.7 Å². The minimum absolute atomic E-state index is 0.0347. The highest BCUT2D eigenvalue weighted by atomic mass is 79.9. The lowest BCUT2D eigenvalue weighted by Crippen LogP contribution is -2.05. The van der Waals surface area contributed by atoms with E-state index in [1.807, 2.05) is 0 Å². The molecule has 0 atom stereocenters. The smallest absolute Gasteiger partial charge is 0.335 e. The molecule has 0 saturated carbocycles. The fraction of sp³-hybridized carbons (Fsp3) is 0.133. The Hall–Kier alpha value is -1.63. The summed E-state index contributed by atoms with van der Waals surface area (Å²) in [5.41, 5.74) is 0.976. The SMILES string of the molecule is O=C(O)c1cc(Br)c(OCCO)c(-c2ccc(F)c(Cl)c2)c1. The number of halogens is 3. The van der Waals surface area contributed by atoms with Gasteiger partial charge in [-0.3, -0.25) is 0 Å². The largest absolute Gasteiger partial charge is 0.489 e. The van der Waals surface area contributed by atoms with Gasteiger partial charge in [-0.1, -0.05) is 17.7 Å². The molecule has 0 aliphatic carbocycles. The van der Waals surface area contributed by atoms with E-state index in [0.29, 0.717) is 21.3 Å². The number of aromatic carboxylic acids is 1. The fourth-order valence-corrected chi connectivity index (χ4v) is 2.64. The van der Waals surface area contributed by atoms with Crippen LogP contribution in [-0.2, 0) is 0 Å². The van der Waals surface area contributed by atoms with Gasteiger partial charge in [0.15, 0.2) is 0 Å². The van der Waals surface area contributed by atoms with E-state index in [4.69, 9.17) is 26.6 Å². The fourth-order valence-electron chi connectivity index (χ4n) is 1.89. The Balaban J connectivity index is 2.63. The number of aliphatic hydroxyl groups is 1. The molecule has 0 heterocycles. The molecule has 22 heavy (non-hydrogen) atoms. The molecular weight excluding hydrogens is 379 g/mol. The van der Waals surface area contributed by atoms with Crippen molar-refractivity contribution in [2.75, 3.05) is 13.2 Å². The maximum atomic E-state index is 13.3. The minimum atomic E-state index is -1.11. The van der Waals surface area contributed by atoms with Gasteiger partial charge in [0, 0.05) is 5.56 Å². The van der Waals surface area contributed by atoms with Crippen LogP contribution in [0.5, 0.6) is 5.75 Å². The highest BCUT2D eigenvalue weighted by Gasteiger charge is 2.16. The van der Waals surface area contributed by atoms with Crippen molar-refractivity contribution in [2.45, 2.75) is 0 Å². The predicted molar refractivity (Wildman–Crippen MR) is 84.1 cm³/mol. The Morgan fingerprint density at radius 2 is 2.05 bits per heavy atom. The van der Waals surface area contributed by atoms with Crippen molar-refractivity contribution in [1.82, 2.24) is 0 Å². The molecule has 4 nitrogen and oxygen atoms in total. The number of rotatable bonds is 5. The van der Waals surface area contributed by atoms with Crippen molar-refractivity contribution in [3.05, 3.63) is 51.2 Å². The highest BCUT2D eigenvalue weighted by Crippen LogP contribution is 2.39. The number of hydrogen-bond donors (Lipinski definition) is 2. The zero-order chi connectivity index (χ0) is 16.3. The third kappa shape index (κ3) is 3.58. The number of carboxylic acids is 1. The third-order valence-corrected chi connectivity index (χ3v) is 3.74. The molecule has 2 rings (SSSR count). The van der Waals surface area contributed by atoms with Gasteiger partial charge >= 0.3 is 5.97 Å². The Morgan fingerprint density at radius 3 is 2.64 bits per heavy atom. The maximum absolute atomic E-state index is 13.3. The van der Waals surface area contributed by atoms with Crippen LogP contribution in [0.25, 0.3) is 11.1 Å². The van der Waals surface area contributed by atoms with Gasteiger partial charge in [-0.05, 0) is 45.8 Å². The lowest BCUT2D eigenvalue weighted by Gasteiger charge is -2.14. The van der Waals surface area contributed by atoms with E-state index in [1.165, 1.54) is 30.3 Å². The van der Waals surface area contributed by atoms with Crippen molar-refractivity contribution in [3.63, 3.8) is 0 Å². The van der Waals surface area contributed by atoms with Gasteiger partial charge in [-0.2, -0.15) is 0 Å². The van der Waals surface area contributed by atoms with Gasteiger partial charge in [0.2, 0.25) is 0 Å². The number of aliphatic hydroxyl groups excluding tert-OH is 1. The standard InChI is InChI=1S/C15H11BrClFO4/c16-11-6-9(15(20)21)5-10(14(11)22-4-3-19)8-1-2-13(18)12(17)7-8/h1-2,5-7,19H,3-4H2,(H,20,21). The molecule has 0 aromatic heterocycles. The first-order chi connectivity index (χ1) is 10.4.